The van der Waals surface area contributed by atoms with Gasteiger partial charge in [0.25, 0.3) is 5.91 Å². The van der Waals surface area contributed by atoms with Gasteiger partial charge in [-0.15, -0.1) is 0 Å². The molecule has 1 N–H and O–H groups in total. The lowest BCUT2D eigenvalue weighted by Gasteiger charge is -2.22. The Morgan fingerprint density at radius 2 is 1.89 bits per heavy atom. The molecule has 5 nitrogen and oxygen atoms in total. The zero-order chi connectivity index (χ0) is 25.9. The summed E-state index contributed by atoms with van der Waals surface area (Å²) in [7, 11) is 0. The van der Waals surface area contributed by atoms with Gasteiger partial charge in [0.05, 0.1) is 11.1 Å². The zero-order valence-corrected chi connectivity index (χ0v) is 22.9. The standard InChI is InChI=1S/C26H26BrCl2FN2O3/c1-14-23(19-11-16(27)6-9-21(19)32-24(14)29)25(34)31-13-15(5-10-22(33)35-26(2,3)4)18-12-17(30)7-8-20(18)28/h6-9,11-12,15H,5,10,13H2,1-4H3,(H,31,34). The number of carbonyl (C=O) groups is 2. The Hall–Kier alpha value is -2.22. The Bertz CT molecular complexity index is 1280. The van der Waals surface area contributed by atoms with Crippen molar-refractivity contribution in [2.45, 2.75) is 52.1 Å². The number of hydrogen-bond donors (Lipinski definition) is 1. The van der Waals surface area contributed by atoms with Crippen LogP contribution in [0.5, 0.6) is 0 Å². The molecule has 0 spiro atoms. The van der Waals surface area contributed by atoms with Crippen molar-refractivity contribution in [3.05, 3.63) is 73.6 Å². The third-order valence-electron chi connectivity index (χ3n) is 5.38. The highest BCUT2D eigenvalue weighted by Gasteiger charge is 2.23. The average molecular weight is 584 g/mol. The molecule has 0 bridgehead atoms. The van der Waals surface area contributed by atoms with E-state index in [0.29, 0.717) is 39.0 Å². The maximum atomic E-state index is 14.0. The summed E-state index contributed by atoms with van der Waals surface area (Å²) in [5, 5.41) is 4.16. The normalized spacial score (nSPS) is 12.5. The van der Waals surface area contributed by atoms with E-state index in [4.69, 9.17) is 27.9 Å². The first kappa shape index (κ1) is 27.4. The van der Waals surface area contributed by atoms with Crippen LogP contribution in [0.3, 0.4) is 0 Å². The summed E-state index contributed by atoms with van der Waals surface area (Å²) >= 11 is 16.1. The second kappa shape index (κ2) is 11.2. The predicted molar refractivity (Wildman–Crippen MR) is 141 cm³/mol. The van der Waals surface area contributed by atoms with Crippen LogP contribution in [0, 0.1) is 12.7 Å². The number of pyridine rings is 1. The summed E-state index contributed by atoms with van der Waals surface area (Å²) in [5.74, 6) is -1.62. The molecule has 35 heavy (non-hydrogen) atoms. The molecule has 3 rings (SSSR count). The monoisotopic (exact) mass is 582 g/mol. The Labute approximate surface area is 222 Å². The summed E-state index contributed by atoms with van der Waals surface area (Å²) in [6, 6.07) is 9.46. The fraction of sp³-hybridized carbons (Fsp3) is 0.346. The van der Waals surface area contributed by atoms with E-state index >= 15 is 0 Å². The van der Waals surface area contributed by atoms with Gasteiger partial charge in [0, 0.05) is 33.8 Å². The molecule has 3 aromatic rings. The first-order chi connectivity index (χ1) is 16.4. The summed E-state index contributed by atoms with van der Waals surface area (Å²) in [6.07, 6.45) is 0.390. The average Bonchev–Trinajstić information content (AvgIpc) is 2.75. The quantitative estimate of drug-likeness (QED) is 0.233. The Morgan fingerprint density at radius 3 is 2.57 bits per heavy atom. The number of benzene rings is 2. The Kier molecular flexibility index (Phi) is 8.78. The number of ether oxygens (including phenoxy) is 1. The van der Waals surface area contributed by atoms with E-state index in [-0.39, 0.29) is 30.0 Å². The first-order valence-electron chi connectivity index (χ1n) is 11.1. The van der Waals surface area contributed by atoms with Gasteiger partial charge in [0.1, 0.15) is 16.6 Å². The number of hydrogen-bond acceptors (Lipinski definition) is 4. The molecule has 1 heterocycles. The topological polar surface area (TPSA) is 68.3 Å². The maximum absolute atomic E-state index is 14.0. The fourth-order valence-corrected chi connectivity index (χ4v) is 4.60. The second-order valence-electron chi connectivity index (χ2n) is 9.26. The number of nitrogens with one attached hydrogen (secondary N) is 1. The lowest BCUT2D eigenvalue weighted by molar-refractivity contribution is -0.155. The van der Waals surface area contributed by atoms with E-state index in [9.17, 15) is 14.0 Å². The van der Waals surface area contributed by atoms with E-state index in [1.807, 2.05) is 12.1 Å². The van der Waals surface area contributed by atoms with Crippen LogP contribution >= 0.6 is 39.1 Å². The van der Waals surface area contributed by atoms with Crippen LogP contribution < -0.4 is 5.32 Å². The molecule has 0 aliphatic rings. The minimum absolute atomic E-state index is 0.0840. The van der Waals surface area contributed by atoms with Crippen LogP contribution in [-0.2, 0) is 9.53 Å². The molecule has 1 amide bonds. The van der Waals surface area contributed by atoms with Crippen molar-refractivity contribution in [3.63, 3.8) is 0 Å². The van der Waals surface area contributed by atoms with E-state index in [1.54, 1.807) is 33.8 Å². The SMILES string of the molecule is Cc1c(Cl)nc2ccc(Br)cc2c1C(=O)NCC(CCC(=O)OC(C)(C)C)c1cc(F)ccc1Cl. The molecule has 0 radical (unpaired) electrons. The van der Waals surface area contributed by atoms with E-state index < -0.39 is 17.3 Å². The smallest absolute Gasteiger partial charge is 0.306 e. The van der Waals surface area contributed by atoms with Crippen molar-refractivity contribution in [2.75, 3.05) is 6.54 Å². The van der Waals surface area contributed by atoms with Crippen molar-refractivity contribution < 1.29 is 18.7 Å². The molecule has 0 fully saturated rings. The molecule has 9 heteroatoms. The van der Waals surface area contributed by atoms with Gasteiger partial charge >= 0.3 is 5.97 Å². The van der Waals surface area contributed by atoms with Crippen LogP contribution in [0.25, 0.3) is 10.9 Å². The highest BCUT2D eigenvalue weighted by atomic mass is 79.9. The van der Waals surface area contributed by atoms with Gasteiger partial charge in [-0.05, 0) is 81.6 Å². The van der Waals surface area contributed by atoms with Crippen LogP contribution in [-0.4, -0.2) is 29.0 Å². The number of carbonyl (C=O) groups excluding carboxylic acids is 2. The molecule has 1 unspecified atom stereocenters. The molecule has 2 aromatic carbocycles. The molecule has 0 aliphatic heterocycles. The molecule has 1 atom stereocenters. The van der Waals surface area contributed by atoms with Gasteiger partial charge in [-0.2, -0.15) is 0 Å². The van der Waals surface area contributed by atoms with Crippen molar-refractivity contribution in [1.82, 2.24) is 10.3 Å². The predicted octanol–water partition coefficient (Wildman–Crippen LogP) is 7.39. The number of rotatable bonds is 7. The number of esters is 1. The van der Waals surface area contributed by atoms with E-state index in [1.165, 1.54) is 18.2 Å². The fourth-order valence-electron chi connectivity index (χ4n) is 3.78. The molecule has 186 valence electrons. The molecule has 0 aliphatic carbocycles. The molecule has 0 saturated heterocycles. The first-order valence-corrected chi connectivity index (χ1v) is 12.6. The van der Waals surface area contributed by atoms with Crippen molar-refractivity contribution in [2.24, 2.45) is 0 Å². The lowest BCUT2D eigenvalue weighted by atomic mass is 9.93. The van der Waals surface area contributed by atoms with E-state index in [0.717, 1.165) is 4.47 Å². The number of nitrogens with zero attached hydrogens (tertiary/aromatic N) is 1. The summed E-state index contributed by atoms with van der Waals surface area (Å²) in [5.41, 5.74) is 1.42. The minimum Gasteiger partial charge on any atom is -0.460 e. The van der Waals surface area contributed by atoms with Gasteiger partial charge in [-0.25, -0.2) is 9.37 Å². The number of amides is 1. The largest absolute Gasteiger partial charge is 0.460 e. The molecule has 0 saturated carbocycles. The van der Waals surface area contributed by atoms with Crippen LogP contribution in [0.15, 0.2) is 40.9 Å². The van der Waals surface area contributed by atoms with Crippen LogP contribution in [0.4, 0.5) is 4.39 Å². The number of halogens is 4. The molecule has 1 aromatic heterocycles. The van der Waals surface area contributed by atoms with Crippen molar-refractivity contribution >= 4 is 61.9 Å². The highest BCUT2D eigenvalue weighted by molar-refractivity contribution is 9.10. The van der Waals surface area contributed by atoms with Crippen molar-refractivity contribution in [3.8, 4) is 0 Å². The van der Waals surface area contributed by atoms with Crippen LogP contribution in [0.2, 0.25) is 10.2 Å². The summed E-state index contributed by atoms with van der Waals surface area (Å²) in [4.78, 5) is 30.0. The van der Waals surface area contributed by atoms with Crippen LogP contribution in [0.1, 0.15) is 61.0 Å². The van der Waals surface area contributed by atoms with Gasteiger partial charge in [0.15, 0.2) is 0 Å². The lowest BCUT2D eigenvalue weighted by Crippen LogP contribution is -2.30. The number of fused-ring (bicyclic) bond motifs is 1. The van der Waals surface area contributed by atoms with Crippen molar-refractivity contribution in [1.29, 1.82) is 0 Å². The second-order valence-corrected chi connectivity index (χ2v) is 10.9. The highest BCUT2D eigenvalue weighted by Crippen LogP contribution is 2.31. The van der Waals surface area contributed by atoms with Gasteiger partial charge in [-0.1, -0.05) is 39.1 Å². The van der Waals surface area contributed by atoms with E-state index in [2.05, 4.69) is 26.2 Å². The summed E-state index contributed by atoms with van der Waals surface area (Å²) in [6.45, 7) is 7.22. The van der Waals surface area contributed by atoms with Gasteiger partial charge < -0.3 is 10.1 Å². The summed E-state index contributed by atoms with van der Waals surface area (Å²) < 4.78 is 20.2. The van der Waals surface area contributed by atoms with Gasteiger partial charge in [-0.3, -0.25) is 9.59 Å². The molecular formula is C26H26BrCl2FN2O3. The minimum atomic E-state index is -0.620. The molecular weight excluding hydrogens is 558 g/mol. The Balaban J connectivity index is 1.88. The third kappa shape index (κ3) is 7.15. The Morgan fingerprint density at radius 1 is 1.17 bits per heavy atom. The van der Waals surface area contributed by atoms with Gasteiger partial charge in [0.2, 0.25) is 0 Å². The maximum Gasteiger partial charge on any atom is 0.306 e. The third-order valence-corrected chi connectivity index (χ3v) is 6.59. The zero-order valence-electron chi connectivity index (χ0n) is 19.8. The number of aromatic nitrogens is 1.